The van der Waals surface area contributed by atoms with Crippen molar-refractivity contribution in [2.45, 2.75) is 32.7 Å². The Morgan fingerprint density at radius 2 is 2.31 bits per heavy atom. The summed E-state index contributed by atoms with van der Waals surface area (Å²) in [4.78, 5) is 11.1. The van der Waals surface area contributed by atoms with Crippen LogP contribution in [0.25, 0.3) is 0 Å². The van der Waals surface area contributed by atoms with Gasteiger partial charge in [-0.1, -0.05) is 13.3 Å². The van der Waals surface area contributed by atoms with Crippen LogP contribution in [-0.2, 0) is 4.79 Å². The number of unbranched alkanes of at least 4 members (excludes halogenated alkanes) is 1. The zero-order valence-corrected chi connectivity index (χ0v) is 9.19. The summed E-state index contributed by atoms with van der Waals surface area (Å²) in [7, 11) is 0. The van der Waals surface area contributed by atoms with Crippen molar-refractivity contribution in [3.8, 4) is 0 Å². The minimum atomic E-state index is -0.126. The van der Waals surface area contributed by atoms with Gasteiger partial charge in [-0.2, -0.15) is 11.8 Å². The topological polar surface area (TPSA) is 49.3 Å². The SMILES string of the molecule is CCCCSCC(=O)NC(C)CO. The van der Waals surface area contributed by atoms with Gasteiger partial charge in [0, 0.05) is 6.04 Å². The van der Waals surface area contributed by atoms with Crippen molar-refractivity contribution in [1.29, 1.82) is 0 Å². The molecule has 0 radical (unpaired) electrons. The predicted molar refractivity (Wildman–Crippen MR) is 56.9 cm³/mol. The molecule has 13 heavy (non-hydrogen) atoms. The first-order chi connectivity index (χ1) is 6.20. The van der Waals surface area contributed by atoms with Crippen LogP contribution >= 0.6 is 11.8 Å². The Bertz CT molecular complexity index is 142. The van der Waals surface area contributed by atoms with Crippen molar-refractivity contribution < 1.29 is 9.90 Å². The molecular formula is C9H19NO2S. The van der Waals surface area contributed by atoms with Crippen LogP contribution in [0, 0.1) is 0 Å². The molecule has 0 saturated carbocycles. The highest BCUT2D eigenvalue weighted by molar-refractivity contribution is 7.99. The molecular weight excluding hydrogens is 186 g/mol. The molecule has 0 fully saturated rings. The maximum absolute atomic E-state index is 11.1. The normalized spacial score (nSPS) is 12.5. The molecule has 0 aromatic carbocycles. The van der Waals surface area contributed by atoms with Crippen LogP contribution < -0.4 is 5.32 Å². The van der Waals surface area contributed by atoms with Gasteiger partial charge in [0.2, 0.25) is 5.91 Å². The largest absolute Gasteiger partial charge is 0.394 e. The summed E-state index contributed by atoms with van der Waals surface area (Å²) in [5.41, 5.74) is 0. The van der Waals surface area contributed by atoms with E-state index in [1.807, 2.05) is 0 Å². The number of thioether (sulfide) groups is 1. The minimum Gasteiger partial charge on any atom is -0.394 e. The maximum atomic E-state index is 11.1. The fraction of sp³-hybridized carbons (Fsp3) is 0.889. The second-order valence-electron chi connectivity index (χ2n) is 3.06. The summed E-state index contributed by atoms with van der Waals surface area (Å²) < 4.78 is 0. The summed E-state index contributed by atoms with van der Waals surface area (Å²) in [6.07, 6.45) is 2.33. The van der Waals surface area contributed by atoms with E-state index in [2.05, 4.69) is 12.2 Å². The average molecular weight is 205 g/mol. The van der Waals surface area contributed by atoms with Crippen molar-refractivity contribution in [2.75, 3.05) is 18.1 Å². The molecule has 3 nitrogen and oxygen atoms in total. The standard InChI is InChI=1S/C9H19NO2S/c1-3-4-5-13-7-9(12)10-8(2)6-11/h8,11H,3-7H2,1-2H3,(H,10,12). The van der Waals surface area contributed by atoms with Gasteiger partial charge in [-0.15, -0.1) is 0 Å². The van der Waals surface area contributed by atoms with Crippen LogP contribution in [0.2, 0.25) is 0 Å². The molecule has 1 unspecified atom stereocenters. The van der Waals surface area contributed by atoms with E-state index in [0.717, 1.165) is 12.2 Å². The molecule has 0 aliphatic heterocycles. The van der Waals surface area contributed by atoms with Crippen molar-refractivity contribution >= 4 is 17.7 Å². The van der Waals surface area contributed by atoms with Crippen LogP contribution in [0.3, 0.4) is 0 Å². The Balaban J connectivity index is 3.30. The third-order valence-electron chi connectivity index (χ3n) is 1.56. The molecule has 0 aromatic heterocycles. The molecule has 0 bridgehead atoms. The lowest BCUT2D eigenvalue weighted by Gasteiger charge is -2.09. The molecule has 0 aliphatic rings. The zero-order valence-electron chi connectivity index (χ0n) is 8.38. The molecule has 0 spiro atoms. The van der Waals surface area contributed by atoms with Crippen molar-refractivity contribution in [3.63, 3.8) is 0 Å². The van der Waals surface area contributed by atoms with E-state index >= 15 is 0 Å². The first-order valence-electron chi connectivity index (χ1n) is 4.68. The summed E-state index contributed by atoms with van der Waals surface area (Å²) in [5, 5.41) is 11.4. The van der Waals surface area contributed by atoms with E-state index in [-0.39, 0.29) is 18.6 Å². The number of aliphatic hydroxyl groups is 1. The van der Waals surface area contributed by atoms with Crippen LogP contribution in [0.5, 0.6) is 0 Å². The smallest absolute Gasteiger partial charge is 0.230 e. The molecule has 2 N–H and O–H groups in total. The summed E-state index contributed by atoms with van der Waals surface area (Å²) in [5.74, 6) is 1.56. The van der Waals surface area contributed by atoms with E-state index in [9.17, 15) is 4.79 Å². The summed E-state index contributed by atoms with van der Waals surface area (Å²) in [6.45, 7) is 3.93. The Morgan fingerprint density at radius 1 is 1.62 bits per heavy atom. The van der Waals surface area contributed by atoms with E-state index in [4.69, 9.17) is 5.11 Å². The van der Waals surface area contributed by atoms with E-state index in [1.165, 1.54) is 6.42 Å². The van der Waals surface area contributed by atoms with E-state index in [0.29, 0.717) is 5.75 Å². The first-order valence-corrected chi connectivity index (χ1v) is 5.84. The molecule has 1 amide bonds. The van der Waals surface area contributed by atoms with Gasteiger partial charge < -0.3 is 10.4 Å². The zero-order chi connectivity index (χ0) is 10.1. The second-order valence-corrected chi connectivity index (χ2v) is 4.16. The number of hydrogen-bond acceptors (Lipinski definition) is 3. The number of carbonyl (C=O) groups is 1. The van der Waals surface area contributed by atoms with Crippen molar-refractivity contribution in [1.82, 2.24) is 5.32 Å². The van der Waals surface area contributed by atoms with Gasteiger partial charge >= 0.3 is 0 Å². The van der Waals surface area contributed by atoms with Gasteiger partial charge in [0.1, 0.15) is 0 Å². The van der Waals surface area contributed by atoms with Gasteiger partial charge in [-0.25, -0.2) is 0 Å². The molecule has 0 rings (SSSR count). The van der Waals surface area contributed by atoms with Gasteiger partial charge in [0.05, 0.1) is 12.4 Å². The molecule has 0 aromatic rings. The Hall–Kier alpha value is -0.220. The van der Waals surface area contributed by atoms with Crippen LogP contribution in [0.1, 0.15) is 26.7 Å². The second kappa shape index (κ2) is 8.38. The lowest BCUT2D eigenvalue weighted by molar-refractivity contribution is -0.119. The number of carbonyl (C=O) groups excluding carboxylic acids is 1. The lowest BCUT2D eigenvalue weighted by atomic mass is 10.4. The van der Waals surface area contributed by atoms with Gasteiger partial charge in [-0.3, -0.25) is 4.79 Å². The minimum absolute atomic E-state index is 0.00532. The van der Waals surface area contributed by atoms with Gasteiger partial charge in [0.25, 0.3) is 0 Å². The van der Waals surface area contributed by atoms with Gasteiger partial charge in [-0.05, 0) is 19.1 Å². The van der Waals surface area contributed by atoms with Crippen LogP contribution in [0.4, 0.5) is 0 Å². The fourth-order valence-electron chi connectivity index (χ4n) is 0.773. The fourth-order valence-corrected chi connectivity index (χ4v) is 1.68. The summed E-state index contributed by atoms with van der Waals surface area (Å²) in [6, 6.07) is -0.126. The van der Waals surface area contributed by atoms with Crippen molar-refractivity contribution in [2.24, 2.45) is 0 Å². The van der Waals surface area contributed by atoms with Crippen LogP contribution in [0.15, 0.2) is 0 Å². The highest BCUT2D eigenvalue weighted by atomic mass is 32.2. The molecule has 0 heterocycles. The van der Waals surface area contributed by atoms with Crippen LogP contribution in [-0.4, -0.2) is 35.2 Å². The van der Waals surface area contributed by atoms with E-state index in [1.54, 1.807) is 18.7 Å². The lowest BCUT2D eigenvalue weighted by Crippen LogP contribution is -2.36. The number of amides is 1. The Labute approximate surface area is 84.3 Å². The van der Waals surface area contributed by atoms with E-state index < -0.39 is 0 Å². The van der Waals surface area contributed by atoms with Crippen molar-refractivity contribution in [3.05, 3.63) is 0 Å². The highest BCUT2D eigenvalue weighted by Crippen LogP contribution is 2.03. The molecule has 0 aliphatic carbocycles. The number of rotatable bonds is 7. The van der Waals surface area contributed by atoms with Gasteiger partial charge in [0.15, 0.2) is 0 Å². The number of aliphatic hydroxyl groups excluding tert-OH is 1. The molecule has 1 atom stereocenters. The molecule has 4 heteroatoms. The number of hydrogen-bond donors (Lipinski definition) is 2. The Morgan fingerprint density at radius 3 is 2.85 bits per heavy atom. The Kier molecular flexibility index (Phi) is 8.24. The third-order valence-corrected chi connectivity index (χ3v) is 2.60. The third kappa shape index (κ3) is 8.12. The average Bonchev–Trinajstić information content (AvgIpc) is 2.12. The maximum Gasteiger partial charge on any atom is 0.230 e. The number of nitrogens with one attached hydrogen (secondary N) is 1. The monoisotopic (exact) mass is 205 g/mol. The highest BCUT2D eigenvalue weighted by Gasteiger charge is 2.04. The summed E-state index contributed by atoms with van der Waals surface area (Å²) >= 11 is 1.64. The quantitative estimate of drug-likeness (QED) is 0.610. The molecule has 0 saturated heterocycles. The predicted octanol–water partition coefficient (Wildman–Crippen LogP) is 1.02. The first kappa shape index (κ1) is 12.8. The molecule has 78 valence electrons.